The fraction of sp³-hybridized carbons (Fsp3) is 0.692. The number of carbonyl (C=O) groups excluding carboxylic acids is 2. The minimum absolute atomic E-state index is 0.0663. The highest BCUT2D eigenvalue weighted by Crippen LogP contribution is 2.34. The second-order valence-corrected chi connectivity index (χ2v) is 10.9. The van der Waals surface area contributed by atoms with Crippen molar-refractivity contribution in [3.63, 3.8) is 0 Å². The molecule has 2 atom stereocenters. The Morgan fingerprint density at radius 3 is 2.42 bits per heavy atom. The number of likely N-dealkylation sites (tertiary alicyclic amines) is 2. The fourth-order valence-electron chi connectivity index (χ4n) is 6.40. The van der Waals surface area contributed by atoms with Crippen LogP contribution >= 0.6 is 0 Å². The van der Waals surface area contributed by atoms with E-state index in [4.69, 9.17) is 0 Å². The molecule has 4 heterocycles. The third-order valence-electron chi connectivity index (χ3n) is 8.68. The van der Waals surface area contributed by atoms with Crippen molar-refractivity contribution in [3.05, 3.63) is 35.9 Å². The van der Waals surface area contributed by atoms with E-state index in [1.54, 1.807) is 0 Å². The van der Waals surface area contributed by atoms with Crippen LogP contribution < -0.4 is 5.32 Å². The second kappa shape index (κ2) is 9.35. The number of piperidine rings is 2. The minimum Gasteiger partial charge on any atom is -0.348 e. The molecule has 33 heavy (non-hydrogen) atoms. The quantitative estimate of drug-likeness (QED) is 0.750. The van der Waals surface area contributed by atoms with Gasteiger partial charge in [0.2, 0.25) is 11.8 Å². The number of benzene rings is 1. The minimum atomic E-state index is -0.374. The molecule has 0 bridgehead atoms. The summed E-state index contributed by atoms with van der Waals surface area (Å²) in [6.07, 6.45) is 5.22. The van der Waals surface area contributed by atoms with Gasteiger partial charge in [0.15, 0.2) is 0 Å². The summed E-state index contributed by atoms with van der Waals surface area (Å²) in [5.74, 6) is 0.228. The Labute approximate surface area is 198 Å². The van der Waals surface area contributed by atoms with Gasteiger partial charge in [-0.25, -0.2) is 0 Å². The van der Waals surface area contributed by atoms with Crippen LogP contribution in [0.4, 0.5) is 0 Å². The number of fused-ring (bicyclic) bond motifs is 1. The molecular formula is C26H39N5O2. The molecule has 1 N–H and O–H groups in total. The lowest BCUT2D eigenvalue weighted by atomic mass is 9.84. The lowest BCUT2D eigenvalue weighted by molar-refractivity contribution is -0.135. The van der Waals surface area contributed by atoms with Crippen LogP contribution in [-0.4, -0.2) is 102 Å². The van der Waals surface area contributed by atoms with Gasteiger partial charge in [0.1, 0.15) is 6.04 Å². The first-order chi connectivity index (χ1) is 15.9. The van der Waals surface area contributed by atoms with Crippen LogP contribution in [0.5, 0.6) is 0 Å². The SMILES string of the molecule is CN1CCC(N(C)[C@H]2C[C@H]3C(=O)NC4(CCN(Cc5ccccc5)CC4)CC(=O)N3C2)CC1. The van der Waals surface area contributed by atoms with E-state index < -0.39 is 0 Å². The molecule has 0 saturated carbocycles. The van der Waals surface area contributed by atoms with Crippen LogP contribution in [0.25, 0.3) is 0 Å². The van der Waals surface area contributed by atoms with Gasteiger partial charge in [-0.15, -0.1) is 0 Å². The van der Waals surface area contributed by atoms with Gasteiger partial charge in [-0.3, -0.25) is 19.4 Å². The van der Waals surface area contributed by atoms with Gasteiger partial charge in [-0.1, -0.05) is 30.3 Å². The summed E-state index contributed by atoms with van der Waals surface area (Å²) >= 11 is 0. The number of nitrogens with zero attached hydrogens (tertiary/aromatic N) is 4. The topological polar surface area (TPSA) is 59.1 Å². The van der Waals surface area contributed by atoms with Crippen molar-refractivity contribution in [1.29, 1.82) is 0 Å². The molecular weight excluding hydrogens is 414 g/mol. The van der Waals surface area contributed by atoms with Crippen molar-refractivity contribution in [2.75, 3.05) is 46.8 Å². The van der Waals surface area contributed by atoms with Gasteiger partial charge in [0, 0.05) is 38.3 Å². The summed E-state index contributed by atoms with van der Waals surface area (Å²) in [7, 11) is 4.37. The number of carbonyl (C=O) groups is 2. The fourth-order valence-corrected chi connectivity index (χ4v) is 6.40. The third-order valence-corrected chi connectivity index (χ3v) is 8.68. The van der Waals surface area contributed by atoms with E-state index in [0.717, 1.165) is 64.8 Å². The maximum Gasteiger partial charge on any atom is 0.243 e. The molecule has 1 aromatic carbocycles. The van der Waals surface area contributed by atoms with Gasteiger partial charge >= 0.3 is 0 Å². The van der Waals surface area contributed by atoms with E-state index in [9.17, 15) is 9.59 Å². The van der Waals surface area contributed by atoms with Crippen molar-refractivity contribution in [2.24, 2.45) is 0 Å². The normalized spacial score (nSPS) is 29.4. The highest BCUT2D eigenvalue weighted by molar-refractivity contribution is 5.92. The molecule has 4 aliphatic rings. The summed E-state index contributed by atoms with van der Waals surface area (Å²) < 4.78 is 0. The largest absolute Gasteiger partial charge is 0.348 e. The van der Waals surface area contributed by atoms with Crippen molar-refractivity contribution in [3.8, 4) is 0 Å². The first-order valence-electron chi connectivity index (χ1n) is 12.7. The number of rotatable bonds is 4. The molecule has 4 saturated heterocycles. The number of nitrogens with one attached hydrogen (secondary N) is 1. The highest BCUT2D eigenvalue weighted by Gasteiger charge is 2.49. The predicted octanol–water partition coefficient (Wildman–Crippen LogP) is 1.54. The van der Waals surface area contributed by atoms with Crippen molar-refractivity contribution in [2.45, 2.75) is 68.7 Å². The summed E-state index contributed by atoms with van der Waals surface area (Å²) in [5.41, 5.74) is 0.941. The van der Waals surface area contributed by atoms with Crippen LogP contribution in [-0.2, 0) is 16.1 Å². The molecule has 4 fully saturated rings. The molecule has 1 spiro atoms. The standard InChI is InChI=1S/C26H39N5O2/c1-28-12-8-21(9-13-28)29(2)22-16-23-25(33)27-26(17-24(32)31(23)19-22)10-14-30(15-11-26)18-20-6-4-3-5-7-20/h3-7,21-23H,8-19H2,1-2H3,(H,27,33)/t22-,23-/m0/s1. The summed E-state index contributed by atoms with van der Waals surface area (Å²) in [5, 5.41) is 3.37. The van der Waals surface area contributed by atoms with Gasteiger partial charge in [-0.05, 0) is 64.9 Å². The Balaban J connectivity index is 1.19. The van der Waals surface area contributed by atoms with Crippen LogP contribution in [0.3, 0.4) is 0 Å². The van der Waals surface area contributed by atoms with Crippen LogP contribution in [0.2, 0.25) is 0 Å². The first-order valence-corrected chi connectivity index (χ1v) is 12.7. The van der Waals surface area contributed by atoms with Crippen LogP contribution in [0.15, 0.2) is 30.3 Å². The van der Waals surface area contributed by atoms with Crippen molar-refractivity contribution < 1.29 is 9.59 Å². The predicted molar refractivity (Wildman–Crippen MR) is 129 cm³/mol. The smallest absolute Gasteiger partial charge is 0.243 e. The van der Waals surface area contributed by atoms with Crippen LogP contribution in [0.1, 0.15) is 44.1 Å². The molecule has 0 aromatic heterocycles. The molecule has 180 valence electrons. The Bertz CT molecular complexity index is 817. The molecule has 4 aliphatic heterocycles. The second-order valence-electron chi connectivity index (χ2n) is 10.9. The average Bonchev–Trinajstić information content (AvgIpc) is 3.24. The molecule has 7 nitrogen and oxygen atoms in total. The highest BCUT2D eigenvalue weighted by atomic mass is 16.2. The molecule has 1 aromatic rings. The molecule has 2 amide bonds. The van der Waals surface area contributed by atoms with E-state index >= 15 is 0 Å². The zero-order valence-electron chi connectivity index (χ0n) is 20.2. The third kappa shape index (κ3) is 4.81. The number of likely N-dealkylation sites (N-methyl/N-ethyl adjacent to an activating group) is 1. The molecule has 0 aliphatic carbocycles. The van der Waals surface area contributed by atoms with Crippen LogP contribution in [0, 0.1) is 0 Å². The van der Waals surface area contributed by atoms with E-state index in [2.05, 4.69) is 58.4 Å². The summed E-state index contributed by atoms with van der Waals surface area (Å²) in [6, 6.07) is 11.0. The van der Waals surface area contributed by atoms with Crippen molar-refractivity contribution >= 4 is 11.8 Å². The monoisotopic (exact) mass is 453 g/mol. The van der Waals surface area contributed by atoms with Gasteiger partial charge in [0.05, 0.1) is 12.0 Å². The molecule has 0 unspecified atom stereocenters. The molecule has 5 rings (SSSR count). The maximum absolute atomic E-state index is 13.4. The van der Waals surface area contributed by atoms with Gasteiger partial charge in [0.25, 0.3) is 0 Å². The molecule has 7 heteroatoms. The van der Waals surface area contributed by atoms with E-state index in [1.165, 1.54) is 5.56 Å². The number of amides is 2. The number of hydrogen-bond donors (Lipinski definition) is 1. The number of hydrogen-bond acceptors (Lipinski definition) is 5. The summed E-state index contributed by atoms with van der Waals surface area (Å²) in [6.45, 7) is 5.69. The van der Waals surface area contributed by atoms with E-state index in [1.807, 2.05) is 11.0 Å². The zero-order valence-corrected chi connectivity index (χ0v) is 20.2. The Morgan fingerprint density at radius 2 is 1.73 bits per heavy atom. The Hall–Kier alpha value is -1.96. The average molecular weight is 454 g/mol. The maximum atomic E-state index is 13.4. The first kappa shape index (κ1) is 22.8. The van der Waals surface area contributed by atoms with Gasteiger partial charge in [-0.2, -0.15) is 0 Å². The Morgan fingerprint density at radius 1 is 1.03 bits per heavy atom. The Kier molecular flexibility index (Phi) is 6.47. The molecule has 0 radical (unpaired) electrons. The van der Waals surface area contributed by atoms with E-state index in [-0.39, 0.29) is 29.4 Å². The summed E-state index contributed by atoms with van der Waals surface area (Å²) in [4.78, 5) is 35.9. The van der Waals surface area contributed by atoms with E-state index in [0.29, 0.717) is 19.0 Å². The van der Waals surface area contributed by atoms with Gasteiger partial charge < -0.3 is 15.1 Å². The zero-order chi connectivity index (χ0) is 23.0. The lowest BCUT2D eigenvalue weighted by Gasteiger charge is -2.41. The lowest BCUT2D eigenvalue weighted by Crippen LogP contribution is -2.56. The van der Waals surface area contributed by atoms with Crippen molar-refractivity contribution in [1.82, 2.24) is 24.9 Å².